The van der Waals surface area contributed by atoms with E-state index >= 15 is 4.39 Å². The zero-order valence-electron chi connectivity index (χ0n) is 23.7. The lowest BCUT2D eigenvalue weighted by Crippen LogP contribution is -2.46. The number of primary amides is 1. The van der Waals surface area contributed by atoms with Gasteiger partial charge in [-0.2, -0.15) is 4.98 Å². The van der Waals surface area contributed by atoms with Crippen LogP contribution in [-0.4, -0.2) is 61.7 Å². The number of aryl methyl sites for hydroxylation is 1. The van der Waals surface area contributed by atoms with Gasteiger partial charge >= 0.3 is 6.09 Å². The highest BCUT2D eigenvalue weighted by Crippen LogP contribution is 2.37. The van der Waals surface area contributed by atoms with E-state index in [0.29, 0.717) is 72.8 Å². The Morgan fingerprint density at radius 2 is 1.93 bits per heavy atom. The largest absolute Gasteiger partial charge is 0.447 e. The second kappa shape index (κ2) is 12.1. The van der Waals surface area contributed by atoms with E-state index in [2.05, 4.69) is 24.9 Å². The van der Waals surface area contributed by atoms with Gasteiger partial charge in [0.1, 0.15) is 11.3 Å². The van der Waals surface area contributed by atoms with Gasteiger partial charge in [0.05, 0.1) is 18.0 Å². The average molecular weight is 585 g/mol. The quantitative estimate of drug-likeness (QED) is 0.352. The van der Waals surface area contributed by atoms with Crippen LogP contribution in [0.1, 0.15) is 64.0 Å². The minimum Gasteiger partial charge on any atom is -0.447 e. The van der Waals surface area contributed by atoms with Crippen LogP contribution in [0.5, 0.6) is 0 Å². The Balaban J connectivity index is 1.45. The molecule has 4 N–H and O–H groups in total. The second-order valence-electron chi connectivity index (χ2n) is 11.3. The number of fused-ring (bicyclic) bond motifs is 1. The molecule has 2 atom stereocenters. The molecule has 0 spiro atoms. The number of amides is 2. The summed E-state index contributed by atoms with van der Waals surface area (Å²) >= 11 is 0. The molecule has 1 unspecified atom stereocenters. The van der Waals surface area contributed by atoms with Crippen LogP contribution in [0.25, 0.3) is 11.2 Å². The number of halogens is 1. The predicted molar refractivity (Wildman–Crippen MR) is 159 cm³/mol. The number of nitrogens with one attached hydrogen (secondary N) is 2. The molecule has 1 saturated heterocycles. The first-order valence-electron chi connectivity index (χ1n) is 14.2. The molecule has 2 aliphatic rings. The number of aromatic nitrogens is 4. The smallest absolute Gasteiger partial charge is 0.410 e. The van der Waals surface area contributed by atoms with Crippen LogP contribution in [0.4, 0.5) is 26.8 Å². The number of likely N-dealkylation sites (tertiary alicyclic amines) is 1. The molecule has 0 bridgehead atoms. The van der Waals surface area contributed by atoms with Crippen LogP contribution >= 0.6 is 9.24 Å². The van der Waals surface area contributed by atoms with Gasteiger partial charge in [-0.05, 0) is 82.3 Å². The zero-order chi connectivity index (χ0) is 29.3. The molecule has 220 valence electrons. The van der Waals surface area contributed by atoms with Crippen molar-refractivity contribution < 1.29 is 18.7 Å². The van der Waals surface area contributed by atoms with Crippen molar-refractivity contribution in [2.75, 3.05) is 23.7 Å². The van der Waals surface area contributed by atoms with Crippen molar-refractivity contribution in [2.45, 2.75) is 77.5 Å². The fourth-order valence-corrected chi connectivity index (χ4v) is 6.22. The molecule has 2 fully saturated rings. The molecule has 41 heavy (non-hydrogen) atoms. The molecule has 0 radical (unpaired) electrons. The topological polar surface area (TPSA) is 140 Å². The zero-order valence-corrected chi connectivity index (χ0v) is 24.8. The van der Waals surface area contributed by atoms with E-state index < -0.39 is 0 Å². The monoisotopic (exact) mass is 584 g/mol. The average Bonchev–Trinajstić information content (AvgIpc) is 3.27. The number of hydrogen-bond donors (Lipinski definition) is 3. The number of benzene rings is 1. The van der Waals surface area contributed by atoms with E-state index in [-0.39, 0.29) is 41.9 Å². The Bertz CT molecular complexity index is 1420. The van der Waals surface area contributed by atoms with Crippen molar-refractivity contribution in [1.82, 2.24) is 24.4 Å². The molecule has 1 aliphatic carbocycles. The second-order valence-corrected chi connectivity index (χ2v) is 11.9. The molecule has 1 saturated carbocycles. The Labute approximate surface area is 241 Å². The van der Waals surface area contributed by atoms with Gasteiger partial charge in [0.25, 0.3) is 0 Å². The van der Waals surface area contributed by atoms with E-state index in [0.717, 1.165) is 18.4 Å². The Morgan fingerprint density at radius 3 is 2.61 bits per heavy atom. The highest BCUT2D eigenvalue weighted by atomic mass is 31.0. The Morgan fingerprint density at radius 1 is 1.17 bits per heavy atom. The van der Waals surface area contributed by atoms with Gasteiger partial charge in [0.2, 0.25) is 17.8 Å². The Hall–Kier alpha value is -3.53. The third kappa shape index (κ3) is 6.53. The van der Waals surface area contributed by atoms with Crippen LogP contribution in [0.15, 0.2) is 18.3 Å². The number of nitrogens with two attached hydrogens (primary N) is 1. The normalized spacial score (nSPS) is 21.2. The van der Waals surface area contributed by atoms with Gasteiger partial charge in [-0.25, -0.2) is 19.2 Å². The maximum atomic E-state index is 15.0. The van der Waals surface area contributed by atoms with E-state index in [1.165, 1.54) is 6.07 Å². The molecule has 1 aromatic carbocycles. The summed E-state index contributed by atoms with van der Waals surface area (Å²) in [5.74, 6) is 0.0692. The lowest BCUT2D eigenvalue weighted by Gasteiger charge is -2.33. The third-order valence-electron chi connectivity index (χ3n) is 7.75. The number of ether oxygens (including phenoxy) is 1. The highest BCUT2D eigenvalue weighted by Gasteiger charge is 2.30. The molecule has 3 heterocycles. The number of carbonyl (C=O) groups is 2. The van der Waals surface area contributed by atoms with Gasteiger partial charge in [-0.3, -0.25) is 9.36 Å². The fourth-order valence-electron chi connectivity index (χ4n) is 5.75. The number of piperidine rings is 1. The molecule has 11 nitrogen and oxygen atoms in total. The van der Waals surface area contributed by atoms with E-state index in [1.807, 2.05) is 31.4 Å². The molecule has 3 aromatic rings. The summed E-state index contributed by atoms with van der Waals surface area (Å²) in [6, 6.07) is 3.31. The van der Waals surface area contributed by atoms with Crippen molar-refractivity contribution in [3.63, 3.8) is 0 Å². The summed E-state index contributed by atoms with van der Waals surface area (Å²) in [6.45, 7) is 6.64. The maximum Gasteiger partial charge on any atom is 0.410 e. The van der Waals surface area contributed by atoms with Gasteiger partial charge < -0.3 is 26.0 Å². The summed E-state index contributed by atoms with van der Waals surface area (Å²) in [6.07, 6.45) is 5.59. The summed E-state index contributed by atoms with van der Waals surface area (Å²) in [4.78, 5) is 40.1. The summed E-state index contributed by atoms with van der Waals surface area (Å²) in [7, 11) is 2.58. The van der Waals surface area contributed by atoms with Crippen molar-refractivity contribution in [3.05, 3.63) is 29.7 Å². The summed E-state index contributed by atoms with van der Waals surface area (Å²) in [5, 5.41) is 7.28. The third-order valence-corrected chi connectivity index (χ3v) is 8.20. The first kappa shape index (κ1) is 29.0. The highest BCUT2D eigenvalue weighted by molar-refractivity contribution is 7.28. The van der Waals surface area contributed by atoms with E-state index in [1.54, 1.807) is 11.1 Å². The standard InChI is InChI=1S/C28H38FN8O3P/c1-15(2)40-28(39)36-10-4-5-18(14-36)32-26-31-13-21-25(35-26)37(19-8-6-17(7-9-19)24(30)38)27(33-21)34-23-20(29)11-16(3)12-22(23)41/h11-13,15,17-19H,4-10,14,41H2,1-3H3,(H2,30,38)(H,33,34)(H,31,32,35)/t17-,18-,19+/m1/s1. The molecular weight excluding hydrogens is 546 g/mol. The van der Waals surface area contributed by atoms with E-state index in [4.69, 9.17) is 20.4 Å². The fraction of sp³-hybridized carbons (Fsp3) is 0.536. The minimum absolute atomic E-state index is 0.0155. The number of carbonyl (C=O) groups excluding carboxylic acids is 2. The number of nitrogens with zero attached hydrogens (tertiary/aromatic N) is 5. The number of anilines is 3. The molecule has 13 heteroatoms. The van der Waals surface area contributed by atoms with Gasteiger partial charge in [-0.1, -0.05) is 0 Å². The van der Waals surface area contributed by atoms with Crippen molar-refractivity contribution >= 4 is 55.3 Å². The molecule has 5 rings (SSSR count). The van der Waals surface area contributed by atoms with Crippen molar-refractivity contribution in [3.8, 4) is 0 Å². The van der Waals surface area contributed by atoms with Gasteiger partial charge in [0, 0.05) is 31.1 Å². The lowest BCUT2D eigenvalue weighted by molar-refractivity contribution is -0.122. The van der Waals surface area contributed by atoms with Gasteiger partial charge in [0.15, 0.2) is 5.65 Å². The molecule has 2 amide bonds. The molecule has 1 aliphatic heterocycles. The first-order valence-corrected chi connectivity index (χ1v) is 14.8. The summed E-state index contributed by atoms with van der Waals surface area (Å²) < 4.78 is 22.4. The van der Waals surface area contributed by atoms with Crippen LogP contribution in [0.3, 0.4) is 0 Å². The number of imidazole rings is 1. The molecule has 2 aromatic heterocycles. The van der Waals surface area contributed by atoms with Crippen LogP contribution in [0, 0.1) is 18.7 Å². The van der Waals surface area contributed by atoms with Crippen molar-refractivity contribution in [1.29, 1.82) is 0 Å². The predicted octanol–water partition coefficient (Wildman–Crippen LogP) is 4.16. The van der Waals surface area contributed by atoms with Gasteiger partial charge in [-0.15, -0.1) is 9.24 Å². The summed E-state index contributed by atoms with van der Waals surface area (Å²) in [5.41, 5.74) is 7.90. The minimum atomic E-state index is -0.377. The van der Waals surface area contributed by atoms with E-state index in [9.17, 15) is 9.59 Å². The maximum absolute atomic E-state index is 15.0. The van der Waals surface area contributed by atoms with Crippen LogP contribution < -0.4 is 21.7 Å². The number of rotatable bonds is 7. The SMILES string of the molecule is Cc1cc(F)c(Nc2nc3cnc(N[C@@H]4CCCN(C(=O)OC(C)C)C4)nc3n2[C@H]2CC[C@@H](C(N)=O)CC2)c(P)c1. The lowest BCUT2D eigenvalue weighted by atomic mass is 9.85. The number of hydrogen-bond acceptors (Lipinski definition) is 8. The first-order chi connectivity index (χ1) is 19.6. The van der Waals surface area contributed by atoms with Crippen LogP contribution in [-0.2, 0) is 9.53 Å². The van der Waals surface area contributed by atoms with Crippen molar-refractivity contribution in [2.24, 2.45) is 11.7 Å². The molecular formula is C28H38FN8O3P. The van der Waals surface area contributed by atoms with Crippen LogP contribution in [0.2, 0.25) is 0 Å². The Kier molecular flexibility index (Phi) is 8.58.